The summed E-state index contributed by atoms with van der Waals surface area (Å²) in [5, 5.41) is 11.6. The van der Waals surface area contributed by atoms with Gasteiger partial charge in [-0.1, -0.05) is 0 Å². The predicted octanol–water partition coefficient (Wildman–Crippen LogP) is 1.68. The van der Waals surface area contributed by atoms with Crippen molar-refractivity contribution in [2.45, 2.75) is 26.0 Å². The first-order valence-electron chi connectivity index (χ1n) is 6.08. The van der Waals surface area contributed by atoms with Crippen LogP contribution in [0, 0.1) is 17.5 Å². The highest BCUT2D eigenvalue weighted by molar-refractivity contribution is 5.80. The van der Waals surface area contributed by atoms with Gasteiger partial charge in [0.05, 0.1) is 12.6 Å². The van der Waals surface area contributed by atoms with E-state index in [0.29, 0.717) is 6.61 Å². The summed E-state index contributed by atoms with van der Waals surface area (Å²) < 4.78 is 44.1. The van der Waals surface area contributed by atoms with E-state index in [0.717, 1.165) is 12.1 Å². The number of halogens is 3. The molecule has 0 saturated heterocycles. The van der Waals surface area contributed by atoms with Crippen molar-refractivity contribution in [3.8, 4) is 0 Å². The number of amides is 1. The fourth-order valence-electron chi connectivity index (χ4n) is 1.63. The molecule has 0 bridgehead atoms. The Balaban J connectivity index is 2.89. The van der Waals surface area contributed by atoms with Gasteiger partial charge < -0.3 is 15.2 Å². The van der Waals surface area contributed by atoms with E-state index in [2.05, 4.69) is 5.32 Å². The summed E-state index contributed by atoms with van der Waals surface area (Å²) in [4.78, 5) is 11.7. The quantitative estimate of drug-likeness (QED) is 0.784. The Morgan fingerprint density at radius 1 is 1.35 bits per heavy atom. The molecule has 0 heterocycles. The molecular weight excluding hydrogens is 275 g/mol. The van der Waals surface area contributed by atoms with Crippen molar-refractivity contribution in [1.82, 2.24) is 5.32 Å². The summed E-state index contributed by atoms with van der Waals surface area (Å²) in [5.41, 5.74) is -0.0686. The molecule has 1 rings (SSSR count). The molecule has 0 fully saturated rings. The third-order valence-electron chi connectivity index (χ3n) is 2.69. The zero-order chi connectivity index (χ0) is 15.3. The molecule has 0 saturated carbocycles. The van der Waals surface area contributed by atoms with Crippen LogP contribution in [-0.4, -0.2) is 30.3 Å². The molecule has 4 nitrogen and oxygen atoms in total. The molecule has 112 valence electrons. The summed E-state index contributed by atoms with van der Waals surface area (Å²) >= 11 is 0. The number of carbonyl (C=O) groups excluding carboxylic acids is 1. The zero-order valence-electron chi connectivity index (χ0n) is 11.1. The maximum Gasteiger partial charge on any atom is 0.249 e. The second-order valence-corrected chi connectivity index (χ2v) is 4.14. The van der Waals surface area contributed by atoms with Gasteiger partial charge in [0.15, 0.2) is 17.5 Å². The third kappa shape index (κ3) is 3.94. The lowest BCUT2D eigenvalue weighted by atomic mass is 10.1. The predicted molar refractivity (Wildman–Crippen MR) is 65.4 cm³/mol. The number of ether oxygens (including phenoxy) is 1. The molecule has 0 aliphatic carbocycles. The van der Waals surface area contributed by atoms with Gasteiger partial charge in [0, 0.05) is 6.61 Å². The Kier molecular flexibility index (Phi) is 5.97. The minimum absolute atomic E-state index is 0.0686. The molecule has 0 aliphatic heterocycles. The van der Waals surface area contributed by atoms with Crippen LogP contribution in [0.15, 0.2) is 12.1 Å². The van der Waals surface area contributed by atoms with E-state index in [9.17, 15) is 23.1 Å². The van der Waals surface area contributed by atoms with E-state index in [1.807, 2.05) is 0 Å². The monoisotopic (exact) mass is 291 g/mol. The Bertz CT molecular complexity index is 459. The lowest BCUT2D eigenvalue weighted by Crippen LogP contribution is -2.38. The van der Waals surface area contributed by atoms with Gasteiger partial charge in [0.1, 0.15) is 6.10 Å². The molecule has 7 heteroatoms. The second kappa shape index (κ2) is 7.25. The van der Waals surface area contributed by atoms with Crippen molar-refractivity contribution >= 4 is 5.91 Å². The molecule has 2 N–H and O–H groups in total. The average Bonchev–Trinajstić information content (AvgIpc) is 2.41. The molecule has 0 spiro atoms. The summed E-state index contributed by atoms with van der Waals surface area (Å²) in [5.74, 6) is -4.91. The minimum Gasteiger partial charge on any atom is -0.394 e. The first kappa shape index (κ1) is 16.5. The smallest absolute Gasteiger partial charge is 0.249 e. The normalized spacial score (nSPS) is 13.9. The van der Waals surface area contributed by atoms with E-state index < -0.39 is 42.1 Å². The molecule has 20 heavy (non-hydrogen) atoms. The van der Waals surface area contributed by atoms with Crippen molar-refractivity contribution in [1.29, 1.82) is 0 Å². The van der Waals surface area contributed by atoms with Gasteiger partial charge in [0.25, 0.3) is 0 Å². The van der Waals surface area contributed by atoms with Gasteiger partial charge in [0.2, 0.25) is 5.91 Å². The molecule has 1 aromatic rings. The SMILES string of the molecule is CCOC(C)C(=O)NC(CO)c1cc(F)c(F)c(F)c1. The Morgan fingerprint density at radius 2 is 1.90 bits per heavy atom. The van der Waals surface area contributed by atoms with E-state index in [1.165, 1.54) is 6.92 Å². The van der Waals surface area contributed by atoms with Crippen LogP contribution in [0.25, 0.3) is 0 Å². The maximum absolute atomic E-state index is 13.1. The van der Waals surface area contributed by atoms with Crippen LogP contribution in [0.1, 0.15) is 25.5 Å². The largest absolute Gasteiger partial charge is 0.394 e. The Hall–Kier alpha value is -1.60. The molecule has 1 aromatic carbocycles. The van der Waals surface area contributed by atoms with Crippen molar-refractivity contribution in [3.63, 3.8) is 0 Å². The average molecular weight is 291 g/mol. The highest BCUT2D eigenvalue weighted by Crippen LogP contribution is 2.19. The first-order valence-corrected chi connectivity index (χ1v) is 6.08. The van der Waals surface area contributed by atoms with Crippen LogP contribution in [0.2, 0.25) is 0 Å². The molecule has 2 atom stereocenters. The number of aliphatic hydroxyl groups is 1. The van der Waals surface area contributed by atoms with Crippen LogP contribution >= 0.6 is 0 Å². The third-order valence-corrected chi connectivity index (χ3v) is 2.69. The topological polar surface area (TPSA) is 58.6 Å². The number of rotatable bonds is 6. The lowest BCUT2D eigenvalue weighted by Gasteiger charge is -2.20. The van der Waals surface area contributed by atoms with Gasteiger partial charge in [-0.2, -0.15) is 0 Å². The zero-order valence-corrected chi connectivity index (χ0v) is 11.1. The summed E-state index contributed by atoms with van der Waals surface area (Å²) in [6, 6.07) is 0.408. The maximum atomic E-state index is 13.1. The number of benzene rings is 1. The molecule has 0 aromatic heterocycles. The molecule has 1 amide bonds. The number of carbonyl (C=O) groups is 1. The van der Waals surface area contributed by atoms with Crippen LogP contribution in [-0.2, 0) is 9.53 Å². The number of nitrogens with one attached hydrogen (secondary N) is 1. The lowest BCUT2D eigenvalue weighted by molar-refractivity contribution is -0.132. The second-order valence-electron chi connectivity index (χ2n) is 4.14. The fourth-order valence-corrected chi connectivity index (χ4v) is 1.63. The standard InChI is InChI=1S/C13H16F3NO3/c1-3-20-7(2)13(19)17-11(6-18)8-4-9(14)12(16)10(15)5-8/h4-5,7,11,18H,3,6H2,1-2H3,(H,17,19). The van der Waals surface area contributed by atoms with Crippen LogP contribution in [0.5, 0.6) is 0 Å². The van der Waals surface area contributed by atoms with E-state index in [-0.39, 0.29) is 5.56 Å². The Labute approximate surface area is 114 Å². The highest BCUT2D eigenvalue weighted by Gasteiger charge is 2.21. The highest BCUT2D eigenvalue weighted by atomic mass is 19.2. The van der Waals surface area contributed by atoms with Gasteiger partial charge in [-0.05, 0) is 31.5 Å². The van der Waals surface area contributed by atoms with E-state index in [1.54, 1.807) is 6.92 Å². The summed E-state index contributed by atoms with van der Waals surface area (Å²) in [7, 11) is 0. The number of aliphatic hydroxyl groups excluding tert-OH is 1. The van der Waals surface area contributed by atoms with Crippen molar-refractivity contribution in [2.75, 3.05) is 13.2 Å². The summed E-state index contributed by atoms with van der Waals surface area (Å²) in [6.07, 6.45) is -0.774. The van der Waals surface area contributed by atoms with Gasteiger partial charge in [-0.15, -0.1) is 0 Å². The Morgan fingerprint density at radius 3 is 2.35 bits per heavy atom. The molecule has 2 unspecified atom stereocenters. The van der Waals surface area contributed by atoms with E-state index >= 15 is 0 Å². The number of hydrogen-bond acceptors (Lipinski definition) is 3. The fraction of sp³-hybridized carbons (Fsp3) is 0.462. The molecular formula is C13H16F3NO3. The van der Waals surface area contributed by atoms with Crippen LogP contribution in [0.4, 0.5) is 13.2 Å². The van der Waals surface area contributed by atoms with Gasteiger partial charge in [-0.25, -0.2) is 13.2 Å². The first-order chi connectivity index (χ1) is 9.40. The number of hydrogen-bond donors (Lipinski definition) is 2. The minimum atomic E-state index is -1.60. The van der Waals surface area contributed by atoms with Crippen molar-refractivity contribution in [3.05, 3.63) is 35.1 Å². The summed E-state index contributed by atoms with van der Waals surface area (Å²) in [6.45, 7) is 2.93. The van der Waals surface area contributed by atoms with Gasteiger partial charge >= 0.3 is 0 Å². The molecule has 0 radical (unpaired) electrons. The van der Waals surface area contributed by atoms with Crippen molar-refractivity contribution in [2.24, 2.45) is 0 Å². The van der Waals surface area contributed by atoms with Crippen LogP contribution < -0.4 is 5.32 Å². The van der Waals surface area contributed by atoms with Crippen molar-refractivity contribution < 1.29 is 27.8 Å². The molecule has 0 aliphatic rings. The van der Waals surface area contributed by atoms with E-state index in [4.69, 9.17) is 4.74 Å². The van der Waals surface area contributed by atoms with Crippen LogP contribution in [0.3, 0.4) is 0 Å². The van der Waals surface area contributed by atoms with Gasteiger partial charge in [-0.3, -0.25) is 4.79 Å².